The molecular weight excluding hydrogens is 344 g/mol. The second-order valence-corrected chi connectivity index (χ2v) is 9.91. The van der Waals surface area contributed by atoms with E-state index < -0.39 is 0 Å². The molecule has 0 aliphatic heterocycles. The summed E-state index contributed by atoms with van der Waals surface area (Å²) in [5.74, 6) is -0.0639. The lowest BCUT2D eigenvalue weighted by Gasteiger charge is -2.31. The molecule has 0 aromatic rings. The molecule has 0 N–H and O–H groups in total. The fourth-order valence-electron chi connectivity index (χ4n) is 4.82. The number of ether oxygens (including phenoxy) is 3. The van der Waals surface area contributed by atoms with Crippen LogP contribution in [-0.4, -0.2) is 30.9 Å². The third kappa shape index (κ3) is 5.04. The van der Waals surface area contributed by atoms with Crippen LogP contribution in [0.3, 0.4) is 0 Å². The first-order valence-electron chi connectivity index (χ1n) is 10.7. The maximum atomic E-state index is 12.6. The second kappa shape index (κ2) is 8.50. The van der Waals surface area contributed by atoms with Gasteiger partial charge in [0, 0.05) is 5.92 Å². The standard InChI is InChI=1S/C22H36O5/c1-14(22(2,3)4)20(23)27-19-12-15-10-17(19)18(11-15)21(24)26-13-25-16-8-6-5-7-9-16/h14-19H,5-13H2,1-4H3. The van der Waals surface area contributed by atoms with E-state index in [1.807, 2.05) is 27.7 Å². The first-order valence-corrected chi connectivity index (χ1v) is 10.7. The summed E-state index contributed by atoms with van der Waals surface area (Å²) in [4.78, 5) is 25.0. The van der Waals surface area contributed by atoms with Crippen LogP contribution in [0.2, 0.25) is 0 Å². The largest absolute Gasteiger partial charge is 0.462 e. The number of carbonyl (C=O) groups is 2. The molecular formula is C22H36O5. The van der Waals surface area contributed by atoms with Gasteiger partial charge in [-0.25, -0.2) is 0 Å². The molecule has 0 aromatic heterocycles. The van der Waals surface area contributed by atoms with Gasteiger partial charge < -0.3 is 14.2 Å². The smallest absolute Gasteiger partial charge is 0.311 e. The SMILES string of the molecule is CC(C(=O)OC1CC2CC(C(=O)OCOC3CCCCC3)C1C2)C(C)(C)C. The Bertz CT molecular complexity index is 531. The van der Waals surface area contributed by atoms with Crippen LogP contribution in [0.15, 0.2) is 0 Å². The number of hydrogen-bond donors (Lipinski definition) is 0. The van der Waals surface area contributed by atoms with Crippen molar-refractivity contribution in [1.29, 1.82) is 0 Å². The van der Waals surface area contributed by atoms with Gasteiger partial charge in [-0.15, -0.1) is 0 Å². The van der Waals surface area contributed by atoms with Crippen LogP contribution in [-0.2, 0) is 23.8 Å². The molecule has 5 heteroatoms. The van der Waals surface area contributed by atoms with Crippen molar-refractivity contribution in [3.8, 4) is 0 Å². The monoisotopic (exact) mass is 380 g/mol. The van der Waals surface area contributed by atoms with Crippen molar-refractivity contribution in [2.45, 2.75) is 91.3 Å². The Morgan fingerprint density at radius 2 is 1.74 bits per heavy atom. The first-order chi connectivity index (χ1) is 12.8. The van der Waals surface area contributed by atoms with E-state index in [4.69, 9.17) is 14.2 Å². The van der Waals surface area contributed by atoms with Crippen LogP contribution in [0.25, 0.3) is 0 Å². The van der Waals surface area contributed by atoms with Gasteiger partial charge in [0.15, 0.2) is 6.79 Å². The minimum absolute atomic E-state index is 0.0584. The summed E-state index contributed by atoms with van der Waals surface area (Å²) in [5.41, 5.74) is -0.122. The highest BCUT2D eigenvalue weighted by atomic mass is 16.7. The predicted octanol–water partition coefficient (Wildman–Crippen LogP) is 4.48. The van der Waals surface area contributed by atoms with Crippen molar-refractivity contribution in [3.05, 3.63) is 0 Å². The van der Waals surface area contributed by atoms with Gasteiger partial charge in [-0.1, -0.05) is 47.0 Å². The molecule has 0 amide bonds. The zero-order valence-corrected chi connectivity index (χ0v) is 17.4. The van der Waals surface area contributed by atoms with Gasteiger partial charge in [0.05, 0.1) is 17.9 Å². The summed E-state index contributed by atoms with van der Waals surface area (Å²) in [6.07, 6.45) is 8.61. The fourth-order valence-corrected chi connectivity index (χ4v) is 4.82. The van der Waals surface area contributed by atoms with Gasteiger partial charge in [0.25, 0.3) is 0 Å². The number of carbonyl (C=O) groups excluding carboxylic acids is 2. The molecule has 0 heterocycles. The van der Waals surface area contributed by atoms with Crippen molar-refractivity contribution in [3.63, 3.8) is 0 Å². The highest BCUT2D eigenvalue weighted by molar-refractivity contribution is 5.75. The normalized spacial score (nSPS) is 32.3. The van der Waals surface area contributed by atoms with Crippen molar-refractivity contribution >= 4 is 11.9 Å². The van der Waals surface area contributed by atoms with Gasteiger partial charge in [-0.3, -0.25) is 9.59 Å². The quantitative estimate of drug-likeness (QED) is 0.502. The summed E-state index contributed by atoms with van der Waals surface area (Å²) >= 11 is 0. The van der Waals surface area contributed by atoms with E-state index in [9.17, 15) is 9.59 Å². The minimum atomic E-state index is -0.178. The van der Waals surface area contributed by atoms with Gasteiger partial charge in [-0.05, 0) is 43.4 Å². The summed E-state index contributed by atoms with van der Waals surface area (Å²) in [6, 6.07) is 0. The zero-order chi connectivity index (χ0) is 19.6. The lowest BCUT2D eigenvalue weighted by atomic mass is 9.82. The lowest BCUT2D eigenvalue weighted by Crippen LogP contribution is -2.37. The average Bonchev–Trinajstić information content (AvgIpc) is 3.21. The Kier molecular flexibility index (Phi) is 6.50. The van der Waals surface area contributed by atoms with E-state index in [1.165, 1.54) is 19.3 Å². The fraction of sp³-hybridized carbons (Fsp3) is 0.909. The second-order valence-electron chi connectivity index (χ2n) is 9.91. The number of fused-ring (bicyclic) bond motifs is 2. The molecule has 0 radical (unpaired) electrons. The first kappa shape index (κ1) is 20.6. The van der Waals surface area contributed by atoms with Crippen LogP contribution >= 0.6 is 0 Å². The Hall–Kier alpha value is -1.10. The van der Waals surface area contributed by atoms with Gasteiger partial charge >= 0.3 is 11.9 Å². The predicted molar refractivity (Wildman–Crippen MR) is 102 cm³/mol. The van der Waals surface area contributed by atoms with Crippen LogP contribution in [0, 0.1) is 29.1 Å². The van der Waals surface area contributed by atoms with Crippen molar-refractivity contribution in [2.24, 2.45) is 29.1 Å². The summed E-state index contributed by atoms with van der Waals surface area (Å²) in [6.45, 7) is 8.12. The summed E-state index contributed by atoms with van der Waals surface area (Å²) < 4.78 is 17.0. The topological polar surface area (TPSA) is 61.8 Å². The molecule has 0 aromatic carbocycles. The lowest BCUT2D eigenvalue weighted by molar-refractivity contribution is -0.175. The van der Waals surface area contributed by atoms with Crippen molar-refractivity contribution in [1.82, 2.24) is 0 Å². The third-order valence-corrected chi connectivity index (χ3v) is 7.03. The molecule has 5 nitrogen and oxygen atoms in total. The maximum absolute atomic E-state index is 12.6. The Labute approximate surface area is 163 Å². The van der Waals surface area contributed by atoms with Crippen LogP contribution in [0.4, 0.5) is 0 Å². The molecule has 5 atom stereocenters. The molecule has 2 bridgehead atoms. The molecule has 3 rings (SSSR count). The molecule has 3 fully saturated rings. The molecule has 3 saturated carbocycles. The molecule has 3 aliphatic rings. The molecule has 5 unspecified atom stereocenters. The Morgan fingerprint density at radius 3 is 2.37 bits per heavy atom. The number of rotatable bonds is 6. The number of hydrogen-bond acceptors (Lipinski definition) is 5. The van der Waals surface area contributed by atoms with Gasteiger partial charge in [0.1, 0.15) is 6.10 Å². The van der Waals surface area contributed by atoms with Crippen LogP contribution < -0.4 is 0 Å². The molecule has 154 valence electrons. The van der Waals surface area contributed by atoms with E-state index in [-0.39, 0.29) is 54.1 Å². The molecule has 0 saturated heterocycles. The molecule has 0 spiro atoms. The highest BCUT2D eigenvalue weighted by Crippen LogP contribution is 2.50. The molecule has 27 heavy (non-hydrogen) atoms. The van der Waals surface area contributed by atoms with E-state index in [2.05, 4.69) is 0 Å². The maximum Gasteiger partial charge on any atom is 0.311 e. The third-order valence-electron chi connectivity index (χ3n) is 7.03. The summed E-state index contributed by atoms with van der Waals surface area (Å²) in [7, 11) is 0. The Morgan fingerprint density at radius 1 is 1.04 bits per heavy atom. The van der Waals surface area contributed by atoms with E-state index in [0.29, 0.717) is 5.92 Å². The zero-order valence-electron chi connectivity index (χ0n) is 17.4. The van der Waals surface area contributed by atoms with Crippen molar-refractivity contribution < 1.29 is 23.8 Å². The number of esters is 2. The van der Waals surface area contributed by atoms with Crippen LogP contribution in [0.5, 0.6) is 0 Å². The minimum Gasteiger partial charge on any atom is -0.462 e. The van der Waals surface area contributed by atoms with Gasteiger partial charge in [0.2, 0.25) is 0 Å². The van der Waals surface area contributed by atoms with E-state index in [1.54, 1.807) is 0 Å². The van der Waals surface area contributed by atoms with E-state index >= 15 is 0 Å². The van der Waals surface area contributed by atoms with Gasteiger partial charge in [-0.2, -0.15) is 0 Å². The average molecular weight is 381 g/mol. The Balaban J connectivity index is 1.46. The molecule has 3 aliphatic carbocycles. The van der Waals surface area contributed by atoms with Crippen molar-refractivity contribution in [2.75, 3.05) is 6.79 Å². The highest BCUT2D eigenvalue weighted by Gasteiger charge is 2.51. The van der Waals surface area contributed by atoms with Crippen LogP contribution in [0.1, 0.15) is 79.1 Å². The van der Waals surface area contributed by atoms with E-state index in [0.717, 1.165) is 32.1 Å². The summed E-state index contributed by atoms with van der Waals surface area (Å²) in [5, 5.41) is 0.